The number of hydrogen-bond acceptors (Lipinski definition) is 4. The topological polar surface area (TPSA) is 81.1 Å². The smallest absolute Gasteiger partial charge is 0.277 e. The van der Waals surface area contributed by atoms with Gasteiger partial charge in [-0.2, -0.15) is 0 Å². The highest BCUT2D eigenvalue weighted by atomic mass is 16.2. The van der Waals surface area contributed by atoms with Gasteiger partial charge in [-0.1, -0.05) is 18.2 Å². The van der Waals surface area contributed by atoms with Gasteiger partial charge in [0, 0.05) is 12.0 Å². The molecular formula is C15H13N3O3. The zero-order chi connectivity index (χ0) is 14.8. The van der Waals surface area contributed by atoms with Crippen LogP contribution in [0.5, 0.6) is 0 Å². The second-order valence-electron chi connectivity index (χ2n) is 4.83. The summed E-state index contributed by atoms with van der Waals surface area (Å²) in [4.78, 5) is 39.6. The number of amides is 1. The van der Waals surface area contributed by atoms with Gasteiger partial charge in [-0.25, -0.2) is 4.98 Å². The fraction of sp³-hybridized carbons (Fsp3) is 0.200. The molecule has 1 atom stereocenters. The van der Waals surface area contributed by atoms with Crippen molar-refractivity contribution in [3.63, 3.8) is 0 Å². The summed E-state index contributed by atoms with van der Waals surface area (Å²) in [7, 11) is 0. The Bertz CT molecular complexity index is 753. The molecule has 0 radical (unpaired) electrons. The SMILES string of the molecule is O=CC1CCc2ncc(NC(=O)c3ccccc3)c(=O)n21. The van der Waals surface area contributed by atoms with Gasteiger partial charge in [0.2, 0.25) is 0 Å². The fourth-order valence-corrected chi connectivity index (χ4v) is 2.44. The predicted octanol–water partition coefficient (Wildman–Crippen LogP) is 1.18. The Balaban J connectivity index is 1.93. The Kier molecular flexibility index (Phi) is 3.35. The first-order chi connectivity index (χ1) is 10.2. The van der Waals surface area contributed by atoms with E-state index >= 15 is 0 Å². The van der Waals surface area contributed by atoms with Gasteiger partial charge in [0.1, 0.15) is 17.8 Å². The Labute approximate surface area is 120 Å². The van der Waals surface area contributed by atoms with Gasteiger partial charge in [-0.15, -0.1) is 0 Å². The second-order valence-corrected chi connectivity index (χ2v) is 4.83. The Morgan fingerprint density at radius 1 is 1.33 bits per heavy atom. The van der Waals surface area contributed by atoms with Crippen LogP contribution in [0, 0.1) is 0 Å². The van der Waals surface area contributed by atoms with Crippen molar-refractivity contribution in [2.24, 2.45) is 0 Å². The molecule has 3 rings (SSSR count). The molecule has 1 aromatic heterocycles. The number of rotatable bonds is 3. The molecule has 1 aromatic carbocycles. The summed E-state index contributed by atoms with van der Waals surface area (Å²) < 4.78 is 1.35. The fourth-order valence-electron chi connectivity index (χ4n) is 2.44. The van der Waals surface area contributed by atoms with Crippen molar-refractivity contribution < 1.29 is 9.59 Å². The maximum Gasteiger partial charge on any atom is 0.277 e. The van der Waals surface area contributed by atoms with E-state index in [1.165, 1.54) is 10.8 Å². The molecule has 0 bridgehead atoms. The predicted molar refractivity (Wildman–Crippen MR) is 76.3 cm³/mol. The number of anilines is 1. The average Bonchev–Trinajstić information content (AvgIpc) is 2.94. The quantitative estimate of drug-likeness (QED) is 0.858. The van der Waals surface area contributed by atoms with Crippen LogP contribution in [0.25, 0.3) is 0 Å². The van der Waals surface area contributed by atoms with E-state index in [4.69, 9.17) is 0 Å². The zero-order valence-electron chi connectivity index (χ0n) is 11.2. The molecule has 6 heteroatoms. The van der Waals surface area contributed by atoms with Gasteiger partial charge in [0.25, 0.3) is 11.5 Å². The number of carbonyl (C=O) groups is 2. The number of fused-ring (bicyclic) bond motifs is 1. The first-order valence-corrected chi connectivity index (χ1v) is 6.63. The third-order valence-electron chi connectivity index (χ3n) is 3.51. The number of aryl methyl sites for hydroxylation is 1. The third kappa shape index (κ3) is 2.35. The minimum atomic E-state index is -0.492. The lowest BCUT2D eigenvalue weighted by molar-refractivity contribution is -0.110. The van der Waals surface area contributed by atoms with E-state index in [9.17, 15) is 14.4 Å². The number of aldehydes is 1. The largest absolute Gasteiger partial charge is 0.316 e. The number of carbonyl (C=O) groups excluding carboxylic acids is 2. The van der Waals surface area contributed by atoms with Crippen LogP contribution in [0.4, 0.5) is 5.69 Å². The summed E-state index contributed by atoms with van der Waals surface area (Å²) in [6, 6.07) is 8.10. The second kappa shape index (κ2) is 5.32. The molecule has 106 valence electrons. The van der Waals surface area contributed by atoms with E-state index in [0.717, 1.165) is 6.29 Å². The number of benzene rings is 1. The van der Waals surface area contributed by atoms with Crippen molar-refractivity contribution in [2.45, 2.75) is 18.9 Å². The molecule has 1 aliphatic rings. The molecule has 21 heavy (non-hydrogen) atoms. The molecule has 1 aliphatic heterocycles. The Morgan fingerprint density at radius 2 is 2.10 bits per heavy atom. The summed E-state index contributed by atoms with van der Waals surface area (Å²) in [6.07, 6.45) is 3.25. The van der Waals surface area contributed by atoms with Crippen LogP contribution in [0.15, 0.2) is 41.3 Å². The van der Waals surface area contributed by atoms with Gasteiger partial charge in [0.05, 0.1) is 12.2 Å². The minimum absolute atomic E-state index is 0.0846. The molecule has 0 spiro atoms. The molecule has 0 saturated carbocycles. The normalized spacial score (nSPS) is 16.3. The van der Waals surface area contributed by atoms with Crippen LogP contribution < -0.4 is 10.9 Å². The van der Waals surface area contributed by atoms with Crippen molar-refractivity contribution in [3.05, 3.63) is 58.3 Å². The van der Waals surface area contributed by atoms with E-state index in [-0.39, 0.29) is 17.2 Å². The van der Waals surface area contributed by atoms with Crippen LogP contribution in [0.3, 0.4) is 0 Å². The maximum atomic E-state index is 12.3. The van der Waals surface area contributed by atoms with Crippen molar-refractivity contribution in [1.82, 2.24) is 9.55 Å². The Hall–Kier alpha value is -2.76. The highest BCUT2D eigenvalue weighted by Gasteiger charge is 2.25. The van der Waals surface area contributed by atoms with Gasteiger partial charge >= 0.3 is 0 Å². The van der Waals surface area contributed by atoms with Crippen molar-refractivity contribution in [1.29, 1.82) is 0 Å². The summed E-state index contributed by atoms with van der Waals surface area (Å²) in [5.41, 5.74) is 0.148. The van der Waals surface area contributed by atoms with Crippen molar-refractivity contribution >= 4 is 17.9 Å². The zero-order valence-corrected chi connectivity index (χ0v) is 11.2. The standard InChI is InChI=1S/C15H13N3O3/c19-9-11-6-7-13-16-8-12(15(21)18(11)13)17-14(20)10-4-2-1-3-5-10/h1-5,8-9,11H,6-7H2,(H,17,20). The summed E-state index contributed by atoms with van der Waals surface area (Å²) in [6.45, 7) is 0. The maximum absolute atomic E-state index is 12.3. The minimum Gasteiger partial charge on any atom is -0.316 e. The van der Waals surface area contributed by atoms with E-state index in [2.05, 4.69) is 10.3 Å². The number of aromatic nitrogens is 2. The van der Waals surface area contributed by atoms with Gasteiger partial charge < -0.3 is 10.1 Å². The third-order valence-corrected chi connectivity index (χ3v) is 3.51. The van der Waals surface area contributed by atoms with Crippen LogP contribution in [0.2, 0.25) is 0 Å². The monoisotopic (exact) mass is 283 g/mol. The number of hydrogen-bond donors (Lipinski definition) is 1. The van der Waals surface area contributed by atoms with E-state index in [1.807, 2.05) is 0 Å². The lowest BCUT2D eigenvalue weighted by Gasteiger charge is -2.10. The van der Waals surface area contributed by atoms with Crippen molar-refractivity contribution in [3.8, 4) is 0 Å². The molecule has 6 nitrogen and oxygen atoms in total. The summed E-state index contributed by atoms with van der Waals surface area (Å²) >= 11 is 0. The lowest BCUT2D eigenvalue weighted by Crippen LogP contribution is -2.29. The molecule has 1 N–H and O–H groups in total. The first-order valence-electron chi connectivity index (χ1n) is 6.63. The summed E-state index contributed by atoms with van der Waals surface area (Å²) in [5.74, 6) is 0.200. The molecular weight excluding hydrogens is 270 g/mol. The first kappa shape index (κ1) is 13.2. The van der Waals surface area contributed by atoms with Gasteiger partial charge in [-0.3, -0.25) is 14.2 Å². The molecule has 2 aromatic rings. The molecule has 0 saturated heterocycles. The highest BCUT2D eigenvalue weighted by Crippen LogP contribution is 2.20. The summed E-state index contributed by atoms with van der Waals surface area (Å²) in [5, 5.41) is 2.55. The van der Waals surface area contributed by atoms with Crippen LogP contribution >= 0.6 is 0 Å². The molecule has 0 fully saturated rings. The van der Waals surface area contributed by atoms with Crippen molar-refractivity contribution in [2.75, 3.05) is 5.32 Å². The van der Waals surface area contributed by atoms with Gasteiger partial charge in [-0.05, 0) is 18.6 Å². The highest BCUT2D eigenvalue weighted by molar-refractivity contribution is 6.04. The van der Waals surface area contributed by atoms with Crippen LogP contribution in [-0.4, -0.2) is 21.7 Å². The van der Waals surface area contributed by atoms with E-state index < -0.39 is 6.04 Å². The molecule has 2 heterocycles. The number of nitrogens with one attached hydrogen (secondary N) is 1. The van der Waals surface area contributed by atoms with E-state index in [1.54, 1.807) is 30.3 Å². The molecule has 1 unspecified atom stereocenters. The van der Waals surface area contributed by atoms with Crippen LogP contribution in [-0.2, 0) is 11.2 Å². The van der Waals surface area contributed by atoms with E-state index in [0.29, 0.717) is 24.2 Å². The Morgan fingerprint density at radius 3 is 2.81 bits per heavy atom. The van der Waals surface area contributed by atoms with Gasteiger partial charge in [0.15, 0.2) is 0 Å². The average molecular weight is 283 g/mol. The molecule has 0 aliphatic carbocycles. The lowest BCUT2D eigenvalue weighted by atomic mass is 10.2. The molecule has 1 amide bonds. The number of nitrogens with zero attached hydrogens (tertiary/aromatic N) is 2. The van der Waals surface area contributed by atoms with Crippen LogP contribution in [0.1, 0.15) is 28.6 Å².